The number of nitrogens with two attached hydrogens (primary N) is 1. The van der Waals surface area contributed by atoms with Gasteiger partial charge in [-0.15, -0.1) is 0 Å². The van der Waals surface area contributed by atoms with Crippen molar-refractivity contribution in [1.29, 1.82) is 0 Å². The number of hydrogen-bond acceptors (Lipinski definition) is 4. The molecule has 1 heterocycles. The van der Waals surface area contributed by atoms with E-state index in [0.29, 0.717) is 16.9 Å². The molecule has 0 fully saturated rings. The highest BCUT2D eigenvalue weighted by molar-refractivity contribution is 7.92. The summed E-state index contributed by atoms with van der Waals surface area (Å²) >= 11 is 0. The zero-order chi connectivity index (χ0) is 14.9. The predicted molar refractivity (Wildman–Crippen MR) is 73.0 cm³/mol. The molecule has 20 heavy (non-hydrogen) atoms. The van der Waals surface area contributed by atoms with Crippen LogP contribution in [0, 0.1) is 12.7 Å². The molecule has 6 nitrogen and oxygen atoms in total. The first-order valence-corrected chi connectivity index (χ1v) is 7.33. The molecule has 108 valence electrons. The Bertz CT molecular complexity index is 740. The molecular weight excluding hydrogens is 283 g/mol. The zero-order valence-electron chi connectivity index (χ0n) is 11.1. The molecule has 0 atom stereocenters. The average molecular weight is 298 g/mol. The van der Waals surface area contributed by atoms with Gasteiger partial charge >= 0.3 is 0 Å². The van der Waals surface area contributed by atoms with Gasteiger partial charge < -0.3 is 5.73 Å². The van der Waals surface area contributed by atoms with Crippen LogP contribution in [-0.2, 0) is 23.6 Å². The number of halogens is 1. The van der Waals surface area contributed by atoms with Crippen LogP contribution in [0.3, 0.4) is 0 Å². The summed E-state index contributed by atoms with van der Waals surface area (Å²) in [6, 6.07) is 3.50. The molecule has 0 aliphatic carbocycles. The van der Waals surface area contributed by atoms with E-state index in [1.807, 2.05) is 0 Å². The van der Waals surface area contributed by atoms with Crippen LogP contribution in [0.4, 0.5) is 10.2 Å². The Hall–Kier alpha value is -1.93. The Morgan fingerprint density at radius 3 is 2.75 bits per heavy atom. The number of aromatic nitrogens is 2. The minimum absolute atomic E-state index is 0.0167. The lowest BCUT2D eigenvalue weighted by Crippen LogP contribution is -2.18. The number of aryl methyl sites for hydroxylation is 2. The lowest BCUT2D eigenvalue weighted by atomic mass is 10.2. The molecule has 1 aromatic carbocycles. The van der Waals surface area contributed by atoms with Gasteiger partial charge in [0, 0.05) is 19.2 Å². The van der Waals surface area contributed by atoms with Crippen LogP contribution < -0.4 is 10.5 Å². The fraction of sp³-hybridized carbons (Fsp3) is 0.250. The van der Waals surface area contributed by atoms with Crippen LogP contribution in [0.15, 0.2) is 29.3 Å². The minimum atomic E-state index is -3.82. The maximum atomic E-state index is 13.0. The summed E-state index contributed by atoms with van der Waals surface area (Å²) in [5, 5.41) is 3.95. The van der Waals surface area contributed by atoms with Crippen molar-refractivity contribution in [1.82, 2.24) is 9.78 Å². The highest BCUT2D eigenvalue weighted by Gasteiger charge is 2.20. The SMILES string of the molecule is Cc1cc(F)ccc1S(=O)(=O)Nc1c(CN)cnn1C. The van der Waals surface area contributed by atoms with Crippen LogP contribution >= 0.6 is 0 Å². The molecule has 0 saturated carbocycles. The van der Waals surface area contributed by atoms with E-state index in [9.17, 15) is 12.8 Å². The first-order valence-electron chi connectivity index (χ1n) is 5.85. The Labute approximate surface area is 116 Å². The number of anilines is 1. The van der Waals surface area contributed by atoms with E-state index < -0.39 is 15.8 Å². The van der Waals surface area contributed by atoms with Gasteiger partial charge in [0.25, 0.3) is 10.0 Å². The minimum Gasteiger partial charge on any atom is -0.326 e. The van der Waals surface area contributed by atoms with Crippen molar-refractivity contribution in [2.75, 3.05) is 4.72 Å². The Kier molecular flexibility index (Phi) is 3.78. The number of nitrogens with zero attached hydrogens (tertiary/aromatic N) is 2. The molecule has 0 aliphatic rings. The fourth-order valence-corrected chi connectivity index (χ4v) is 3.22. The summed E-state index contributed by atoms with van der Waals surface area (Å²) in [5.74, 6) is -0.180. The Morgan fingerprint density at radius 2 is 2.15 bits per heavy atom. The third kappa shape index (κ3) is 2.66. The van der Waals surface area contributed by atoms with Crippen molar-refractivity contribution in [2.45, 2.75) is 18.4 Å². The zero-order valence-corrected chi connectivity index (χ0v) is 11.9. The Morgan fingerprint density at radius 1 is 1.45 bits per heavy atom. The standard InChI is InChI=1S/C12H15FN4O2S/c1-8-5-10(13)3-4-11(8)20(18,19)16-12-9(6-14)7-15-17(12)2/h3-5,7,16H,6,14H2,1-2H3. The molecule has 0 amide bonds. The first-order chi connectivity index (χ1) is 9.35. The third-order valence-corrected chi connectivity index (χ3v) is 4.39. The van der Waals surface area contributed by atoms with Gasteiger partial charge in [0.15, 0.2) is 0 Å². The molecular formula is C12H15FN4O2S. The second kappa shape index (κ2) is 5.22. The van der Waals surface area contributed by atoms with Crippen LogP contribution in [-0.4, -0.2) is 18.2 Å². The summed E-state index contributed by atoms with van der Waals surface area (Å²) in [4.78, 5) is 0.0167. The van der Waals surface area contributed by atoms with E-state index >= 15 is 0 Å². The maximum absolute atomic E-state index is 13.0. The smallest absolute Gasteiger partial charge is 0.263 e. The monoisotopic (exact) mass is 298 g/mol. The average Bonchev–Trinajstić information content (AvgIpc) is 2.69. The van der Waals surface area contributed by atoms with Gasteiger partial charge in [-0.3, -0.25) is 9.40 Å². The second-order valence-corrected chi connectivity index (χ2v) is 6.01. The largest absolute Gasteiger partial charge is 0.326 e. The molecule has 0 aliphatic heterocycles. The summed E-state index contributed by atoms with van der Waals surface area (Å²) in [6.07, 6.45) is 1.50. The lowest BCUT2D eigenvalue weighted by molar-refractivity contribution is 0.597. The molecule has 1 aromatic heterocycles. The van der Waals surface area contributed by atoms with Crippen molar-refractivity contribution < 1.29 is 12.8 Å². The van der Waals surface area contributed by atoms with Crippen LogP contribution in [0.25, 0.3) is 0 Å². The number of sulfonamides is 1. The molecule has 0 bridgehead atoms. The van der Waals surface area contributed by atoms with Crippen LogP contribution in [0.1, 0.15) is 11.1 Å². The topological polar surface area (TPSA) is 90.0 Å². The maximum Gasteiger partial charge on any atom is 0.263 e. The molecule has 0 spiro atoms. The van der Waals surface area contributed by atoms with Gasteiger partial charge in [-0.1, -0.05) is 0 Å². The van der Waals surface area contributed by atoms with Gasteiger partial charge in [0.05, 0.1) is 11.1 Å². The highest BCUT2D eigenvalue weighted by atomic mass is 32.2. The second-order valence-electron chi connectivity index (χ2n) is 4.36. The molecule has 2 aromatic rings. The van der Waals surface area contributed by atoms with E-state index in [1.54, 1.807) is 7.05 Å². The van der Waals surface area contributed by atoms with Gasteiger partial charge in [0.2, 0.25) is 0 Å². The van der Waals surface area contributed by atoms with Crippen molar-refractivity contribution in [2.24, 2.45) is 12.8 Å². The van der Waals surface area contributed by atoms with Gasteiger partial charge in [-0.2, -0.15) is 5.10 Å². The first kappa shape index (κ1) is 14.5. The third-order valence-electron chi connectivity index (χ3n) is 2.89. The molecule has 2 rings (SSSR count). The van der Waals surface area contributed by atoms with Crippen molar-refractivity contribution in [3.05, 3.63) is 41.3 Å². The predicted octanol–water partition coefficient (Wildman–Crippen LogP) is 1.13. The summed E-state index contributed by atoms with van der Waals surface area (Å²) in [7, 11) is -2.21. The quantitative estimate of drug-likeness (QED) is 0.885. The van der Waals surface area contributed by atoms with Crippen molar-refractivity contribution >= 4 is 15.8 Å². The van der Waals surface area contributed by atoms with Crippen molar-refractivity contribution in [3.63, 3.8) is 0 Å². The van der Waals surface area contributed by atoms with E-state index in [1.165, 1.54) is 29.9 Å². The lowest BCUT2D eigenvalue weighted by Gasteiger charge is -2.11. The van der Waals surface area contributed by atoms with Crippen LogP contribution in [0.2, 0.25) is 0 Å². The number of hydrogen-bond donors (Lipinski definition) is 2. The van der Waals surface area contributed by atoms with E-state index in [0.717, 1.165) is 6.07 Å². The van der Waals surface area contributed by atoms with E-state index in [4.69, 9.17) is 5.73 Å². The molecule has 3 N–H and O–H groups in total. The number of benzene rings is 1. The molecule has 0 saturated heterocycles. The van der Waals surface area contributed by atoms with Gasteiger partial charge in [-0.05, 0) is 30.7 Å². The fourth-order valence-electron chi connectivity index (χ4n) is 1.86. The van der Waals surface area contributed by atoms with Gasteiger partial charge in [-0.25, -0.2) is 12.8 Å². The normalized spacial score (nSPS) is 11.6. The highest BCUT2D eigenvalue weighted by Crippen LogP contribution is 2.22. The molecule has 0 unspecified atom stereocenters. The van der Waals surface area contributed by atoms with Gasteiger partial charge in [0.1, 0.15) is 11.6 Å². The molecule has 8 heteroatoms. The van der Waals surface area contributed by atoms with Crippen molar-refractivity contribution in [3.8, 4) is 0 Å². The van der Waals surface area contributed by atoms with Crippen LogP contribution in [0.5, 0.6) is 0 Å². The summed E-state index contributed by atoms with van der Waals surface area (Å²) in [5.41, 5.74) is 6.44. The number of rotatable bonds is 4. The number of nitrogens with one attached hydrogen (secondary N) is 1. The summed E-state index contributed by atoms with van der Waals surface area (Å²) in [6.45, 7) is 1.69. The summed E-state index contributed by atoms with van der Waals surface area (Å²) < 4.78 is 41.5. The molecule has 0 radical (unpaired) electrons. The van der Waals surface area contributed by atoms with E-state index in [-0.39, 0.29) is 11.4 Å². The van der Waals surface area contributed by atoms with E-state index in [2.05, 4.69) is 9.82 Å². The Balaban J connectivity index is 2.43.